The predicted octanol–water partition coefficient (Wildman–Crippen LogP) is 8.89. The number of likely N-dealkylation sites (tertiary alicyclic amines) is 1. The van der Waals surface area contributed by atoms with E-state index in [0.717, 1.165) is 34.1 Å². The number of hydroxylamine groups is 1. The number of nitrogens with one attached hydrogen (secondary N) is 3. The van der Waals surface area contributed by atoms with Gasteiger partial charge in [0, 0.05) is 61.3 Å². The summed E-state index contributed by atoms with van der Waals surface area (Å²) in [7, 11) is -8.26. The van der Waals surface area contributed by atoms with E-state index in [0.29, 0.717) is 33.2 Å². The maximum Gasteiger partial charge on any atom is 0.448 e. The molecular formula is C39H33Br4F6N7O8S2. The molecule has 2 aliphatic heterocycles. The molecule has 354 valence electrons. The zero-order valence-electron chi connectivity index (χ0n) is 33.3. The number of benzene rings is 4. The summed E-state index contributed by atoms with van der Waals surface area (Å²) in [6, 6.07) is 11.7. The SMILES string of the molecule is N#CN1C[C@H](NS(=O)(=O)c2cc(Br)ccc2Br)C[C@@H]1COC(=O)N(OC(=O)N(C[C@H]1C[C@@H](NS(=O)(=O)c2cc(Br)ccc2Br)CN1)c1ccc(C(F)(F)F)cc1)c1ccc(C(F)(F)F)cc1. The zero-order valence-corrected chi connectivity index (χ0v) is 41.3. The van der Waals surface area contributed by atoms with Gasteiger partial charge in [0.15, 0.2) is 6.19 Å². The molecule has 0 unspecified atom stereocenters. The van der Waals surface area contributed by atoms with Crippen molar-refractivity contribution in [1.29, 1.82) is 5.26 Å². The van der Waals surface area contributed by atoms with Crippen LogP contribution in [0.5, 0.6) is 0 Å². The maximum atomic E-state index is 14.2. The number of amides is 2. The smallest absolute Gasteiger partial charge is 0.445 e. The summed E-state index contributed by atoms with van der Waals surface area (Å²) in [6.45, 7) is -1.13. The van der Waals surface area contributed by atoms with Gasteiger partial charge in [0.1, 0.15) is 6.61 Å². The summed E-state index contributed by atoms with van der Waals surface area (Å²) in [4.78, 5) is 35.3. The van der Waals surface area contributed by atoms with Gasteiger partial charge in [-0.05, 0) is 130 Å². The van der Waals surface area contributed by atoms with E-state index in [1.165, 1.54) is 24.3 Å². The first-order chi connectivity index (χ1) is 30.8. The number of ether oxygens (including phenoxy) is 1. The van der Waals surface area contributed by atoms with Crippen molar-refractivity contribution in [3.63, 3.8) is 0 Å². The molecule has 27 heteroatoms. The Morgan fingerprint density at radius 1 is 0.742 bits per heavy atom. The van der Waals surface area contributed by atoms with Gasteiger partial charge in [-0.25, -0.2) is 35.9 Å². The van der Waals surface area contributed by atoms with Crippen molar-refractivity contribution in [3.05, 3.63) is 114 Å². The van der Waals surface area contributed by atoms with Crippen molar-refractivity contribution in [3.8, 4) is 6.19 Å². The van der Waals surface area contributed by atoms with Crippen LogP contribution >= 0.6 is 63.7 Å². The van der Waals surface area contributed by atoms with Crippen molar-refractivity contribution >= 4 is 107 Å². The van der Waals surface area contributed by atoms with E-state index >= 15 is 0 Å². The summed E-state index contributed by atoms with van der Waals surface area (Å²) in [6.07, 6.45) is -10.6. The van der Waals surface area contributed by atoms with E-state index in [2.05, 4.69) is 78.5 Å². The zero-order chi connectivity index (χ0) is 48.4. The highest BCUT2D eigenvalue weighted by Gasteiger charge is 2.39. The topological polar surface area (TPSA) is 190 Å². The van der Waals surface area contributed by atoms with Crippen LogP contribution in [0.15, 0.2) is 113 Å². The Hall–Kier alpha value is -4.01. The molecule has 2 aliphatic rings. The van der Waals surface area contributed by atoms with Crippen molar-refractivity contribution < 1.29 is 62.3 Å². The number of nitrogens with zero attached hydrogens (tertiary/aromatic N) is 4. The number of anilines is 2. The molecule has 2 amide bonds. The molecule has 4 aromatic carbocycles. The molecule has 6 rings (SSSR count). The number of halogens is 10. The van der Waals surface area contributed by atoms with Crippen LogP contribution in [0.3, 0.4) is 0 Å². The fourth-order valence-corrected chi connectivity index (χ4v) is 12.4. The summed E-state index contributed by atoms with van der Waals surface area (Å²) in [5, 5.41) is 13.1. The van der Waals surface area contributed by atoms with Crippen LogP contribution in [-0.2, 0) is 42.0 Å². The van der Waals surface area contributed by atoms with Crippen molar-refractivity contribution in [2.75, 3.05) is 36.2 Å². The highest BCUT2D eigenvalue weighted by molar-refractivity contribution is 9.11. The summed E-state index contributed by atoms with van der Waals surface area (Å²) < 4.78 is 147. The number of rotatable bonds is 12. The van der Waals surface area contributed by atoms with Gasteiger partial charge >= 0.3 is 24.5 Å². The lowest BCUT2D eigenvalue weighted by Gasteiger charge is -2.29. The maximum absolute atomic E-state index is 14.2. The fourth-order valence-electron chi connectivity index (χ4n) is 6.93. The first-order valence-corrected chi connectivity index (χ1v) is 25.1. The fraction of sp³-hybridized carbons (Fsp3) is 0.308. The molecule has 4 aromatic rings. The lowest BCUT2D eigenvalue weighted by molar-refractivity contribution is -0.138. The summed E-state index contributed by atoms with van der Waals surface area (Å²) in [5.74, 6) is 0. The molecule has 0 radical (unpaired) electrons. The van der Waals surface area contributed by atoms with Crippen LogP contribution in [0.1, 0.15) is 24.0 Å². The Balaban J connectivity index is 1.23. The minimum absolute atomic E-state index is 0.0357. The van der Waals surface area contributed by atoms with Gasteiger partial charge < -0.3 is 19.8 Å². The number of hydrogen-bond acceptors (Lipinski definition) is 11. The number of hydrogen-bond donors (Lipinski definition) is 3. The largest absolute Gasteiger partial charge is 0.448 e. The average molecular weight is 1230 g/mol. The number of alkyl halides is 6. The molecule has 2 saturated heterocycles. The molecule has 0 spiro atoms. The van der Waals surface area contributed by atoms with Crippen LogP contribution < -0.4 is 24.7 Å². The van der Waals surface area contributed by atoms with E-state index in [4.69, 9.17) is 9.57 Å². The molecule has 15 nitrogen and oxygen atoms in total. The molecule has 0 aliphatic carbocycles. The van der Waals surface area contributed by atoms with Crippen LogP contribution in [0.2, 0.25) is 0 Å². The van der Waals surface area contributed by atoms with Crippen LogP contribution in [0, 0.1) is 11.5 Å². The van der Waals surface area contributed by atoms with Crippen LogP contribution in [-0.4, -0.2) is 84.3 Å². The molecule has 0 saturated carbocycles. The van der Waals surface area contributed by atoms with Crippen LogP contribution in [0.4, 0.5) is 47.3 Å². The van der Waals surface area contributed by atoms with Gasteiger partial charge in [-0.15, -0.1) is 5.06 Å². The predicted molar refractivity (Wildman–Crippen MR) is 240 cm³/mol. The standard InChI is InChI=1S/C39H33Br4F6N7O8S2/c40-24-5-11-32(42)34(13-24)65(59,60)52-26-15-27(51-17-26)19-55(29-7-1-22(2-8-29)38(44,45)46)36(57)64-56(30-9-3-23(4-10-30)39(47,48)49)37(58)63-20-31-16-28(18-54(31)21-50)53-66(61,62)35-14-25(41)6-12-33(35)43/h1-14,26-28,31,51-53H,15-20H2/t26-,27-,28-,31-/m1/s1. The molecule has 3 N–H and O–H groups in total. The van der Waals surface area contributed by atoms with E-state index < -0.39 is 98.7 Å². The Morgan fingerprint density at radius 3 is 1.74 bits per heavy atom. The highest BCUT2D eigenvalue weighted by atomic mass is 79.9. The molecule has 0 bridgehead atoms. The number of carbonyl (C=O) groups excluding carboxylic acids is 2. The minimum atomic E-state index is -4.82. The van der Waals surface area contributed by atoms with Crippen molar-refractivity contribution in [1.82, 2.24) is 19.7 Å². The Morgan fingerprint density at radius 2 is 1.24 bits per heavy atom. The third-order valence-corrected chi connectivity index (χ3v) is 16.1. The molecule has 4 atom stereocenters. The first-order valence-electron chi connectivity index (χ1n) is 19.0. The van der Waals surface area contributed by atoms with Gasteiger partial charge in [0.05, 0.1) is 32.6 Å². The van der Waals surface area contributed by atoms with Crippen molar-refractivity contribution in [2.24, 2.45) is 0 Å². The van der Waals surface area contributed by atoms with E-state index in [-0.39, 0.29) is 55.4 Å². The molecule has 2 heterocycles. The van der Waals surface area contributed by atoms with Crippen LogP contribution in [0.25, 0.3) is 0 Å². The second-order valence-electron chi connectivity index (χ2n) is 14.7. The van der Waals surface area contributed by atoms with E-state index in [1.54, 1.807) is 12.1 Å². The number of nitriles is 1. The summed E-state index contributed by atoms with van der Waals surface area (Å²) >= 11 is 12.9. The van der Waals surface area contributed by atoms with Gasteiger partial charge in [-0.2, -0.15) is 31.6 Å². The quantitative estimate of drug-likeness (QED) is 0.0698. The van der Waals surface area contributed by atoms with Gasteiger partial charge in [0.2, 0.25) is 20.0 Å². The monoisotopic (exact) mass is 1220 g/mol. The Bertz CT molecular complexity index is 2720. The number of carbonyl (C=O) groups is 2. The third-order valence-electron chi connectivity index (χ3n) is 10.1. The average Bonchev–Trinajstić information content (AvgIpc) is 3.86. The van der Waals surface area contributed by atoms with E-state index in [1.807, 2.05) is 6.19 Å². The highest BCUT2D eigenvalue weighted by Crippen LogP contribution is 2.34. The minimum Gasteiger partial charge on any atom is -0.445 e. The lowest BCUT2D eigenvalue weighted by Crippen LogP contribution is -2.46. The third kappa shape index (κ3) is 12.7. The second kappa shape index (κ2) is 20.7. The second-order valence-corrected chi connectivity index (χ2v) is 21.6. The molecular weight excluding hydrogens is 1190 g/mol. The van der Waals surface area contributed by atoms with Gasteiger partial charge in [-0.1, -0.05) is 31.9 Å². The summed E-state index contributed by atoms with van der Waals surface area (Å²) in [5.41, 5.74) is -2.86. The Labute approximate surface area is 407 Å². The Kier molecular flexibility index (Phi) is 16.1. The number of sulfonamides is 2. The molecule has 0 aromatic heterocycles. The van der Waals surface area contributed by atoms with E-state index in [9.17, 15) is 58.0 Å². The van der Waals surface area contributed by atoms with Crippen molar-refractivity contribution in [2.45, 2.75) is 59.2 Å². The van der Waals surface area contributed by atoms with Gasteiger partial charge in [0.25, 0.3) is 0 Å². The first kappa shape index (κ1) is 51.4. The molecule has 66 heavy (non-hydrogen) atoms. The normalized spacial score (nSPS) is 19.0. The lowest BCUT2D eigenvalue weighted by atomic mass is 10.1. The molecule has 2 fully saturated rings. The van der Waals surface area contributed by atoms with Gasteiger partial charge in [-0.3, -0.25) is 4.90 Å².